The van der Waals surface area contributed by atoms with E-state index in [9.17, 15) is 14.4 Å². The predicted octanol–water partition coefficient (Wildman–Crippen LogP) is 1.81. The normalized spacial score (nSPS) is 22.4. The van der Waals surface area contributed by atoms with Gasteiger partial charge in [0.1, 0.15) is 0 Å². The molecule has 138 valence electrons. The Morgan fingerprint density at radius 1 is 1.27 bits per heavy atom. The molecule has 8 heteroatoms. The number of likely N-dealkylation sites (N-methyl/N-ethyl adjacent to an activating group) is 1. The number of fused-ring (bicyclic) bond motifs is 1. The predicted molar refractivity (Wildman–Crippen MR) is 101 cm³/mol. The summed E-state index contributed by atoms with van der Waals surface area (Å²) in [6.07, 6.45) is -0.552. The van der Waals surface area contributed by atoms with E-state index in [4.69, 9.17) is 0 Å². The number of carbonyl (C=O) groups is 3. The smallest absolute Gasteiger partial charge is 0.325 e. The Labute approximate surface area is 156 Å². The average molecular weight is 374 g/mol. The van der Waals surface area contributed by atoms with Gasteiger partial charge in [-0.05, 0) is 5.92 Å². The largest absolute Gasteiger partial charge is 0.335 e. The molecule has 3 amide bonds. The van der Waals surface area contributed by atoms with Gasteiger partial charge >= 0.3 is 6.03 Å². The molecular formula is C18H22N4O3S. The summed E-state index contributed by atoms with van der Waals surface area (Å²) in [5.74, 6) is 0.204. The molecule has 2 atom stereocenters. The van der Waals surface area contributed by atoms with Crippen molar-refractivity contribution in [3.8, 4) is 0 Å². The number of thioether (sulfide) groups is 1. The van der Waals surface area contributed by atoms with Gasteiger partial charge in [0.25, 0.3) is 5.91 Å². The Kier molecular flexibility index (Phi) is 5.31. The first kappa shape index (κ1) is 18.4. The number of hydrogen-bond acceptors (Lipinski definition) is 6. The number of aliphatic imine (C=N–C) groups is 1. The van der Waals surface area contributed by atoms with E-state index in [-0.39, 0.29) is 17.4 Å². The van der Waals surface area contributed by atoms with Gasteiger partial charge in [0.05, 0.1) is 5.75 Å². The average Bonchev–Trinajstić information content (AvgIpc) is 2.97. The first-order chi connectivity index (χ1) is 12.4. The molecule has 0 bridgehead atoms. The van der Waals surface area contributed by atoms with Gasteiger partial charge in [-0.15, -0.1) is 0 Å². The Morgan fingerprint density at radius 2 is 1.96 bits per heavy atom. The van der Waals surface area contributed by atoms with Crippen molar-refractivity contribution < 1.29 is 14.4 Å². The number of amides is 3. The first-order valence-electron chi connectivity index (χ1n) is 8.51. The second-order valence-corrected chi connectivity index (χ2v) is 7.74. The van der Waals surface area contributed by atoms with E-state index in [2.05, 4.69) is 24.2 Å². The van der Waals surface area contributed by atoms with E-state index in [0.717, 1.165) is 0 Å². The number of hydrogen-bond donors (Lipinski definition) is 1. The highest BCUT2D eigenvalue weighted by atomic mass is 32.2. The minimum Gasteiger partial charge on any atom is -0.335 e. The SMILES string of the molecule is CC(C)CN1C(SCC(=O)c2ccccc2)=NC2C1C(=O)NC(=O)N2C. The summed E-state index contributed by atoms with van der Waals surface area (Å²) in [5, 5.41) is 3.01. The molecule has 0 aromatic heterocycles. The fourth-order valence-corrected chi connectivity index (χ4v) is 4.01. The lowest BCUT2D eigenvalue weighted by molar-refractivity contribution is -0.127. The molecule has 7 nitrogen and oxygen atoms in total. The van der Waals surface area contributed by atoms with Crippen LogP contribution in [0.5, 0.6) is 0 Å². The van der Waals surface area contributed by atoms with Crippen molar-refractivity contribution in [2.75, 3.05) is 19.3 Å². The molecule has 1 saturated heterocycles. The maximum Gasteiger partial charge on any atom is 0.325 e. The minimum absolute atomic E-state index is 0.00607. The van der Waals surface area contributed by atoms with Crippen LogP contribution in [0.15, 0.2) is 35.3 Å². The van der Waals surface area contributed by atoms with Gasteiger partial charge in [-0.2, -0.15) is 0 Å². The van der Waals surface area contributed by atoms with Crippen molar-refractivity contribution in [3.05, 3.63) is 35.9 Å². The van der Waals surface area contributed by atoms with Crippen LogP contribution in [0.2, 0.25) is 0 Å². The molecule has 2 heterocycles. The molecule has 0 radical (unpaired) electrons. The van der Waals surface area contributed by atoms with Crippen LogP contribution in [0.25, 0.3) is 0 Å². The lowest BCUT2D eigenvalue weighted by atomic mass is 10.1. The van der Waals surface area contributed by atoms with Crippen LogP contribution in [0.4, 0.5) is 4.79 Å². The molecule has 0 aliphatic carbocycles. The van der Waals surface area contributed by atoms with Crippen molar-refractivity contribution in [3.63, 3.8) is 0 Å². The summed E-state index contributed by atoms with van der Waals surface area (Å²) in [4.78, 5) is 44.6. The van der Waals surface area contributed by atoms with Crippen molar-refractivity contribution in [1.82, 2.24) is 15.1 Å². The molecule has 1 aromatic rings. The summed E-state index contributed by atoms with van der Waals surface area (Å²) in [7, 11) is 1.62. The molecular weight excluding hydrogens is 352 g/mol. The molecule has 2 aliphatic rings. The number of rotatable bonds is 5. The molecule has 26 heavy (non-hydrogen) atoms. The molecule has 2 aliphatic heterocycles. The van der Waals surface area contributed by atoms with Crippen LogP contribution < -0.4 is 5.32 Å². The van der Waals surface area contributed by atoms with Crippen LogP contribution in [0.1, 0.15) is 24.2 Å². The summed E-state index contributed by atoms with van der Waals surface area (Å²) in [6.45, 7) is 4.74. The molecule has 2 unspecified atom stereocenters. The summed E-state index contributed by atoms with van der Waals surface area (Å²) in [5.41, 5.74) is 0.650. The number of amidine groups is 1. The monoisotopic (exact) mass is 374 g/mol. The Hall–Kier alpha value is -2.35. The Morgan fingerprint density at radius 3 is 2.62 bits per heavy atom. The highest BCUT2D eigenvalue weighted by Gasteiger charge is 2.48. The number of carbonyl (C=O) groups excluding carboxylic acids is 3. The van der Waals surface area contributed by atoms with Crippen LogP contribution in [-0.2, 0) is 4.79 Å². The third-order valence-electron chi connectivity index (χ3n) is 4.31. The van der Waals surface area contributed by atoms with E-state index in [0.29, 0.717) is 23.2 Å². The number of ketones is 1. The van der Waals surface area contributed by atoms with Gasteiger partial charge < -0.3 is 9.80 Å². The highest BCUT2D eigenvalue weighted by molar-refractivity contribution is 8.14. The molecule has 1 N–H and O–H groups in total. The van der Waals surface area contributed by atoms with Crippen LogP contribution in [0, 0.1) is 5.92 Å². The molecule has 1 fully saturated rings. The van der Waals surface area contributed by atoms with Gasteiger partial charge in [0.2, 0.25) is 0 Å². The second-order valence-electron chi connectivity index (χ2n) is 6.80. The molecule has 1 aromatic carbocycles. The number of Topliss-reactive ketones (excluding diaryl/α,β-unsaturated/α-hetero) is 1. The van der Waals surface area contributed by atoms with Crippen molar-refractivity contribution in [1.29, 1.82) is 0 Å². The summed E-state index contributed by atoms with van der Waals surface area (Å²) >= 11 is 1.32. The lowest BCUT2D eigenvalue weighted by Crippen LogP contribution is -2.63. The molecule has 0 saturated carbocycles. The van der Waals surface area contributed by atoms with Crippen LogP contribution in [-0.4, -0.2) is 64.2 Å². The number of imide groups is 1. The Balaban J connectivity index is 1.78. The van der Waals surface area contributed by atoms with Crippen molar-refractivity contribution in [2.45, 2.75) is 26.1 Å². The number of nitrogens with one attached hydrogen (secondary N) is 1. The standard InChI is InChI=1S/C18H22N4O3S/c1-11(2)9-22-14-15(21(3)17(25)20-16(14)24)19-18(22)26-10-13(23)12-7-5-4-6-8-12/h4-8,11,14-15H,9-10H2,1-3H3,(H,20,24,25). The lowest BCUT2D eigenvalue weighted by Gasteiger charge is -2.36. The first-order valence-corrected chi connectivity index (χ1v) is 9.50. The zero-order chi connectivity index (χ0) is 18.8. The maximum atomic E-state index is 12.4. The van der Waals surface area contributed by atoms with Crippen LogP contribution >= 0.6 is 11.8 Å². The van der Waals surface area contributed by atoms with Gasteiger partial charge in [-0.25, -0.2) is 9.79 Å². The van der Waals surface area contributed by atoms with E-state index in [1.165, 1.54) is 16.7 Å². The zero-order valence-corrected chi connectivity index (χ0v) is 15.8. The fraction of sp³-hybridized carbons (Fsp3) is 0.444. The van der Waals surface area contributed by atoms with Gasteiger partial charge in [0, 0.05) is 19.2 Å². The number of nitrogens with zero attached hydrogens (tertiary/aromatic N) is 3. The fourth-order valence-electron chi connectivity index (χ4n) is 3.04. The van der Waals surface area contributed by atoms with Crippen LogP contribution in [0.3, 0.4) is 0 Å². The van der Waals surface area contributed by atoms with Crippen molar-refractivity contribution in [2.24, 2.45) is 10.9 Å². The third-order valence-corrected chi connectivity index (χ3v) is 5.32. The van der Waals surface area contributed by atoms with Gasteiger partial charge in [-0.1, -0.05) is 55.9 Å². The maximum absolute atomic E-state index is 12.4. The molecule has 0 spiro atoms. The topological polar surface area (TPSA) is 82.1 Å². The number of benzene rings is 1. The van der Waals surface area contributed by atoms with E-state index in [1.54, 1.807) is 19.2 Å². The van der Waals surface area contributed by atoms with E-state index >= 15 is 0 Å². The van der Waals surface area contributed by atoms with Crippen molar-refractivity contribution >= 4 is 34.7 Å². The quantitative estimate of drug-likeness (QED) is 0.795. The molecule has 3 rings (SSSR count). The summed E-state index contributed by atoms with van der Waals surface area (Å²) < 4.78 is 0. The van der Waals surface area contributed by atoms with E-state index < -0.39 is 18.2 Å². The third kappa shape index (κ3) is 3.60. The summed E-state index contributed by atoms with van der Waals surface area (Å²) in [6, 6.07) is 8.09. The Bertz CT molecular complexity index is 750. The van der Waals surface area contributed by atoms with E-state index in [1.807, 2.05) is 23.1 Å². The zero-order valence-electron chi connectivity index (χ0n) is 15.0. The minimum atomic E-state index is -0.552. The second kappa shape index (κ2) is 7.49. The van der Waals surface area contributed by atoms with Gasteiger partial charge in [0.15, 0.2) is 23.2 Å². The van der Waals surface area contributed by atoms with Gasteiger partial charge in [-0.3, -0.25) is 14.9 Å². The highest BCUT2D eigenvalue weighted by Crippen LogP contribution is 2.29. The number of urea groups is 1.